The van der Waals surface area contributed by atoms with Crippen molar-refractivity contribution in [1.29, 1.82) is 0 Å². The Morgan fingerprint density at radius 3 is 2.52 bits per heavy atom. The number of amides is 3. The summed E-state index contributed by atoms with van der Waals surface area (Å²) in [5.74, 6) is -0.561. The molecular weight excluding hydrogens is 437 g/mol. The van der Waals surface area contributed by atoms with Gasteiger partial charge in [0.1, 0.15) is 6.04 Å². The minimum atomic E-state index is -0.562. The monoisotopic (exact) mass is 461 g/mol. The first-order chi connectivity index (χ1) is 14.8. The number of likely N-dealkylation sites (tertiary alicyclic amines) is 1. The minimum absolute atomic E-state index is 0.0556. The highest BCUT2D eigenvalue weighted by molar-refractivity contribution is 6.35. The Kier molecular flexibility index (Phi) is 7.57. The normalized spacial score (nSPS) is 16.6. The van der Waals surface area contributed by atoms with E-state index in [1.807, 2.05) is 19.1 Å². The van der Waals surface area contributed by atoms with Gasteiger partial charge in [-0.05, 0) is 55.7 Å². The molecule has 8 heteroatoms. The standard InChI is InChI=1S/C23H25Cl2N3O3/c1-3-21(29)27-17-9-6-15(7-10-17)14(2)26-22(30)20-5-4-12-28(20)23(31)18-13-16(24)8-11-19(18)25/h6-11,13-14,20H,3-5,12H2,1-2H3,(H,26,30)(H,27,29). The minimum Gasteiger partial charge on any atom is -0.348 e. The molecule has 0 bridgehead atoms. The lowest BCUT2D eigenvalue weighted by atomic mass is 10.1. The van der Waals surface area contributed by atoms with Crippen LogP contribution in [0.25, 0.3) is 0 Å². The molecule has 31 heavy (non-hydrogen) atoms. The highest BCUT2D eigenvalue weighted by Gasteiger charge is 2.35. The Hall–Kier alpha value is -2.57. The van der Waals surface area contributed by atoms with E-state index in [4.69, 9.17) is 23.2 Å². The Morgan fingerprint density at radius 1 is 1.13 bits per heavy atom. The van der Waals surface area contributed by atoms with Gasteiger partial charge >= 0.3 is 0 Å². The van der Waals surface area contributed by atoms with Crippen molar-refractivity contribution < 1.29 is 14.4 Å². The fourth-order valence-corrected chi connectivity index (χ4v) is 3.97. The van der Waals surface area contributed by atoms with Crippen molar-refractivity contribution in [2.24, 2.45) is 0 Å². The van der Waals surface area contributed by atoms with Crippen molar-refractivity contribution in [1.82, 2.24) is 10.2 Å². The third kappa shape index (κ3) is 5.57. The fourth-order valence-electron chi connectivity index (χ4n) is 3.60. The molecule has 1 heterocycles. The number of carbonyl (C=O) groups excluding carboxylic acids is 3. The van der Waals surface area contributed by atoms with Gasteiger partial charge in [0.15, 0.2) is 0 Å². The lowest BCUT2D eigenvalue weighted by molar-refractivity contribution is -0.125. The largest absolute Gasteiger partial charge is 0.348 e. The molecule has 2 N–H and O–H groups in total. The van der Waals surface area contributed by atoms with Crippen LogP contribution in [0.5, 0.6) is 0 Å². The van der Waals surface area contributed by atoms with E-state index in [2.05, 4.69) is 10.6 Å². The number of benzene rings is 2. The van der Waals surface area contributed by atoms with Crippen LogP contribution in [0.4, 0.5) is 5.69 Å². The van der Waals surface area contributed by atoms with E-state index >= 15 is 0 Å². The maximum atomic E-state index is 13.0. The molecule has 0 radical (unpaired) electrons. The van der Waals surface area contributed by atoms with Crippen LogP contribution in [0.3, 0.4) is 0 Å². The number of carbonyl (C=O) groups is 3. The van der Waals surface area contributed by atoms with Crippen LogP contribution in [0, 0.1) is 0 Å². The summed E-state index contributed by atoms with van der Waals surface area (Å²) in [7, 11) is 0. The maximum Gasteiger partial charge on any atom is 0.256 e. The molecule has 6 nitrogen and oxygen atoms in total. The first kappa shape index (κ1) is 23.1. The van der Waals surface area contributed by atoms with E-state index in [0.717, 1.165) is 12.0 Å². The Bertz CT molecular complexity index is 979. The van der Waals surface area contributed by atoms with Crippen molar-refractivity contribution in [3.8, 4) is 0 Å². The summed E-state index contributed by atoms with van der Waals surface area (Å²) in [6.07, 6.45) is 1.73. The molecule has 0 saturated carbocycles. The topological polar surface area (TPSA) is 78.5 Å². The first-order valence-electron chi connectivity index (χ1n) is 10.3. The Morgan fingerprint density at radius 2 is 1.84 bits per heavy atom. The molecule has 0 aliphatic carbocycles. The number of rotatable bonds is 6. The Labute approximate surface area is 191 Å². The summed E-state index contributed by atoms with van der Waals surface area (Å²) in [4.78, 5) is 39.0. The SMILES string of the molecule is CCC(=O)Nc1ccc(C(C)NC(=O)C2CCCN2C(=O)c2cc(Cl)ccc2Cl)cc1. The van der Waals surface area contributed by atoms with Crippen LogP contribution in [0.15, 0.2) is 42.5 Å². The van der Waals surface area contributed by atoms with E-state index in [-0.39, 0.29) is 23.8 Å². The molecule has 2 unspecified atom stereocenters. The summed E-state index contributed by atoms with van der Waals surface area (Å²) < 4.78 is 0. The number of anilines is 1. The predicted octanol–water partition coefficient (Wildman–Crippen LogP) is 4.82. The smallest absolute Gasteiger partial charge is 0.256 e. The summed E-state index contributed by atoms with van der Waals surface area (Å²) in [5, 5.41) is 6.51. The predicted molar refractivity (Wildman–Crippen MR) is 122 cm³/mol. The second-order valence-electron chi connectivity index (χ2n) is 7.53. The summed E-state index contributed by atoms with van der Waals surface area (Å²) in [5.41, 5.74) is 1.91. The van der Waals surface area contributed by atoms with Crippen LogP contribution in [0.1, 0.15) is 55.1 Å². The molecule has 1 saturated heterocycles. The van der Waals surface area contributed by atoms with Gasteiger partial charge in [-0.3, -0.25) is 14.4 Å². The number of nitrogens with one attached hydrogen (secondary N) is 2. The van der Waals surface area contributed by atoms with Gasteiger partial charge in [0.05, 0.1) is 16.6 Å². The van der Waals surface area contributed by atoms with Gasteiger partial charge in [-0.1, -0.05) is 42.3 Å². The van der Waals surface area contributed by atoms with E-state index in [1.165, 1.54) is 6.07 Å². The number of hydrogen-bond acceptors (Lipinski definition) is 3. The molecule has 3 rings (SSSR count). The second kappa shape index (κ2) is 10.2. The van der Waals surface area contributed by atoms with E-state index in [1.54, 1.807) is 36.1 Å². The molecule has 1 aliphatic rings. The molecule has 3 amide bonds. The average molecular weight is 462 g/mol. The van der Waals surface area contributed by atoms with Gasteiger partial charge in [0.25, 0.3) is 5.91 Å². The van der Waals surface area contributed by atoms with Crippen LogP contribution < -0.4 is 10.6 Å². The van der Waals surface area contributed by atoms with Gasteiger partial charge in [-0.15, -0.1) is 0 Å². The zero-order chi connectivity index (χ0) is 22.5. The number of hydrogen-bond donors (Lipinski definition) is 2. The van der Waals surface area contributed by atoms with Crippen LogP contribution in [-0.2, 0) is 9.59 Å². The highest BCUT2D eigenvalue weighted by atomic mass is 35.5. The second-order valence-corrected chi connectivity index (χ2v) is 8.38. The van der Waals surface area contributed by atoms with E-state index < -0.39 is 6.04 Å². The van der Waals surface area contributed by atoms with Crippen LogP contribution >= 0.6 is 23.2 Å². The van der Waals surface area contributed by atoms with Gasteiger partial charge in [-0.2, -0.15) is 0 Å². The average Bonchev–Trinajstić information content (AvgIpc) is 3.25. The fraction of sp³-hybridized carbons (Fsp3) is 0.348. The Balaban J connectivity index is 1.67. The summed E-state index contributed by atoms with van der Waals surface area (Å²) >= 11 is 12.2. The molecule has 1 fully saturated rings. The maximum absolute atomic E-state index is 13.0. The van der Waals surface area contributed by atoms with Gasteiger partial charge in [-0.25, -0.2) is 0 Å². The van der Waals surface area contributed by atoms with Gasteiger partial charge in [0.2, 0.25) is 11.8 Å². The van der Waals surface area contributed by atoms with Crippen LogP contribution in [0.2, 0.25) is 10.0 Å². The van der Waals surface area contributed by atoms with Crippen molar-refractivity contribution in [2.45, 2.75) is 45.2 Å². The molecular formula is C23H25Cl2N3O3. The van der Waals surface area contributed by atoms with Crippen molar-refractivity contribution in [3.05, 3.63) is 63.6 Å². The zero-order valence-corrected chi connectivity index (χ0v) is 19.0. The first-order valence-corrected chi connectivity index (χ1v) is 11.0. The molecule has 2 aromatic rings. The number of nitrogens with zero attached hydrogens (tertiary/aromatic N) is 1. The van der Waals surface area contributed by atoms with E-state index in [9.17, 15) is 14.4 Å². The number of halogens is 2. The summed E-state index contributed by atoms with van der Waals surface area (Å²) in [6.45, 7) is 4.16. The van der Waals surface area contributed by atoms with Crippen molar-refractivity contribution >= 4 is 46.6 Å². The quantitative estimate of drug-likeness (QED) is 0.646. The molecule has 0 aromatic heterocycles. The highest BCUT2D eigenvalue weighted by Crippen LogP contribution is 2.27. The molecule has 1 aliphatic heterocycles. The molecule has 2 atom stereocenters. The van der Waals surface area contributed by atoms with E-state index in [0.29, 0.717) is 40.7 Å². The summed E-state index contributed by atoms with van der Waals surface area (Å²) in [6, 6.07) is 11.2. The molecule has 2 aromatic carbocycles. The third-order valence-electron chi connectivity index (χ3n) is 5.35. The van der Waals surface area contributed by atoms with Crippen LogP contribution in [-0.4, -0.2) is 35.2 Å². The molecule has 164 valence electrons. The van der Waals surface area contributed by atoms with Gasteiger partial charge < -0.3 is 15.5 Å². The zero-order valence-electron chi connectivity index (χ0n) is 17.5. The lowest BCUT2D eigenvalue weighted by Crippen LogP contribution is -2.46. The molecule has 0 spiro atoms. The third-order valence-corrected chi connectivity index (χ3v) is 5.91. The van der Waals surface area contributed by atoms with Crippen molar-refractivity contribution in [2.75, 3.05) is 11.9 Å². The lowest BCUT2D eigenvalue weighted by Gasteiger charge is -2.26. The van der Waals surface area contributed by atoms with Crippen molar-refractivity contribution in [3.63, 3.8) is 0 Å². The van der Waals surface area contributed by atoms with Gasteiger partial charge in [0, 0.05) is 23.7 Å².